The summed E-state index contributed by atoms with van der Waals surface area (Å²) >= 11 is 0. The molecular weight excluding hydrogens is 270 g/mol. The van der Waals surface area contributed by atoms with Gasteiger partial charge in [0.1, 0.15) is 0 Å². The first-order valence-corrected chi connectivity index (χ1v) is 9.16. The minimum absolute atomic E-state index is 0.272. The van der Waals surface area contributed by atoms with Gasteiger partial charge in [0.15, 0.2) is 9.84 Å². The Hall–Kier alpha value is -0.870. The normalized spacial score (nSPS) is 13.6. The standard InChI is InChI=1S/C16H27NO2S/c1-4-17-13-16(15-9-6-5-7-10-15)11-8-12-20(18,19)14(2)3/h5-7,9-10,14,16-17H,4,8,11-13H2,1-3H3. The fourth-order valence-corrected chi connectivity index (χ4v) is 3.24. The minimum atomic E-state index is -2.92. The van der Waals surface area contributed by atoms with Gasteiger partial charge in [0.25, 0.3) is 0 Å². The lowest BCUT2D eigenvalue weighted by Crippen LogP contribution is -2.23. The van der Waals surface area contributed by atoms with Gasteiger partial charge in [0.05, 0.1) is 11.0 Å². The molecule has 0 fully saturated rings. The van der Waals surface area contributed by atoms with Crippen LogP contribution in [0.25, 0.3) is 0 Å². The van der Waals surface area contributed by atoms with E-state index in [4.69, 9.17) is 0 Å². The maximum atomic E-state index is 11.8. The largest absolute Gasteiger partial charge is 0.316 e. The first-order valence-electron chi connectivity index (χ1n) is 7.44. The third-order valence-corrected chi connectivity index (χ3v) is 5.91. The van der Waals surface area contributed by atoms with Crippen LogP contribution >= 0.6 is 0 Å². The molecule has 0 aromatic heterocycles. The van der Waals surface area contributed by atoms with Crippen molar-refractivity contribution in [2.75, 3.05) is 18.8 Å². The summed E-state index contributed by atoms with van der Waals surface area (Å²) in [5.41, 5.74) is 1.29. The van der Waals surface area contributed by atoms with Gasteiger partial charge >= 0.3 is 0 Å². The van der Waals surface area contributed by atoms with E-state index in [1.165, 1.54) is 5.56 Å². The number of likely N-dealkylation sites (N-methyl/N-ethyl adjacent to an activating group) is 1. The summed E-state index contributed by atoms with van der Waals surface area (Å²) in [5, 5.41) is 3.10. The van der Waals surface area contributed by atoms with Gasteiger partial charge in [-0.3, -0.25) is 0 Å². The van der Waals surface area contributed by atoms with Crippen LogP contribution in [-0.4, -0.2) is 32.5 Å². The van der Waals surface area contributed by atoms with Crippen molar-refractivity contribution in [2.24, 2.45) is 0 Å². The van der Waals surface area contributed by atoms with Crippen LogP contribution in [0.4, 0.5) is 0 Å². The maximum Gasteiger partial charge on any atom is 0.152 e. The van der Waals surface area contributed by atoms with Crippen LogP contribution in [0.1, 0.15) is 45.1 Å². The maximum absolute atomic E-state index is 11.8. The van der Waals surface area contributed by atoms with E-state index in [-0.39, 0.29) is 5.25 Å². The van der Waals surface area contributed by atoms with Crippen LogP contribution in [-0.2, 0) is 9.84 Å². The molecule has 3 nitrogen and oxygen atoms in total. The zero-order chi connectivity index (χ0) is 15.0. The Kier molecular flexibility index (Phi) is 7.24. The fraction of sp³-hybridized carbons (Fsp3) is 0.625. The molecule has 114 valence electrons. The molecule has 1 unspecified atom stereocenters. The number of hydrogen-bond acceptors (Lipinski definition) is 3. The molecule has 0 spiro atoms. The molecule has 0 bridgehead atoms. The quantitative estimate of drug-likeness (QED) is 0.762. The Bertz CT molecular complexity index is 469. The Balaban J connectivity index is 2.58. The number of sulfone groups is 1. The predicted octanol–water partition coefficient (Wildman–Crippen LogP) is 2.98. The summed E-state index contributed by atoms with van der Waals surface area (Å²) < 4.78 is 23.7. The van der Waals surface area contributed by atoms with Crippen LogP contribution in [0.15, 0.2) is 30.3 Å². The van der Waals surface area contributed by atoms with Gasteiger partial charge < -0.3 is 5.32 Å². The lowest BCUT2D eigenvalue weighted by Gasteiger charge is -2.18. The van der Waals surface area contributed by atoms with E-state index in [1.54, 1.807) is 13.8 Å². The van der Waals surface area contributed by atoms with Crippen molar-refractivity contribution < 1.29 is 8.42 Å². The van der Waals surface area contributed by atoms with Gasteiger partial charge in [-0.25, -0.2) is 8.42 Å². The van der Waals surface area contributed by atoms with Crippen molar-refractivity contribution in [1.82, 2.24) is 5.32 Å². The van der Waals surface area contributed by atoms with Crippen LogP contribution in [0.2, 0.25) is 0 Å². The smallest absolute Gasteiger partial charge is 0.152 e. The molecule has 1 rings (SSSR count). The van der Waals surface area contributed by atoms with Gasteiger partial charge in [0, 0.05) is 6.54 Å². The van der Waals surface area contributed by atoms with Gasteiger partial charge in [-0.1, -0.05) is 37.3 Å². The Labute approximate surface area is 123 Å². The number of hydrogen-bond donors (Lipinski definition) is 1. The number of nitrogens with one attached hydrogen (secondary N) is 1. The van der Waals surface area contributed by atoms with Crippen molar-refractivity contribution in [1.29, 1.82) is 0 Å². The second-order valence-electron chi connectivity index (χ2n) is 5.47. The molecule has 1 atom stereocenters. The zero-order valence-electron chi connectivity index (χ0n) is 12.8. The Morgan fingerprint density at radius 1 is 1.15 bits per heavy atom. The van der Waals surface area contributed by atoms with Gasteiger partial charge in [0.2, 0.25) is 0 Å². The minimum Gasteiger partial charge on any atom is -0.316 e. The molecule has 0 aliphatic rings. The Morgan fingerprint density at radius 2 is 1.80 bits per heavy atom. The molecule has 1 aromatic carbocycles. The average Bonchev–Trinajstić information content (AvgIpc) is 2.43. The highest BCUT2D eigenvalue weighted by Gasteiger charge is 2.17. The van der Waals surface area contributed by atoms with E-state index in [0.29, 0.717) is 11.7 Å². The van der Waals surface area contributed by atoms with E-state index in [2.05, 4.69) is 24.4 Å². The highest BCUT2D eigenvalue weighted by molar-refractivity contribution is 7.91. The van der Waals surface area contributed by atoms with Crippen molar-refractivity contribution in [2.45, 2.75) is 44.8 Å². The summed E-state index contributed by atoms with van der Waals surface area (Å²) in [5.74, 6) is 0.679. The molecule has 20 heavy (non-hydrogen) atoms. The molecule has 0 radical (unpaired) electrons. The molecule has 0 amide bonds. The third-order valence-electron chi connectivity index (χ3n) is 3.61. The predicted molar refractivity (Wildman–Crippen MR) is 85.9 cm³/mol. The Morgan fingerprint density at radius 3 is 2.35 bits per heavy atom. The summed E-state index contributed by atoms with van der Waals surface area (Å²) in [6, 6.07) is 10.3. The van der Waals surface area contributed by atoms with Crippen LogP contribution in [0.5, 0.6) is 0 Å². The van der Waals surface area contributed by atoms with Gasteiger partial charge in [-0.2, -0.15) is 0 Å². The van der Waals surface area contributed by atoms with Crippen molar-refractivity contribution in [3.05, 3.63) is 35.9 Å². The zero-order valence-corrected chi connectivity index (χ0v) is 13.6. The van der Waals surface area contributed by atoms with Crippen molar-refractivity contribution >= 4 is 9.84 Å². The van der Waals surface area contributed by atoms with E-state index < -0.39 is 9.84 Å². The number of rotatable bonds is 9. The summed E-state index contributed by atoms with van der Waals surface area (Å²) in [7, 11) is -2.92. The third kappa shape index (κ3) is 5.63. The van der Waals surface area contributed by atoms with Crippen LogP contribution in [0, 0.1) is 0 Å². The second-order valence-corrected chi connectivity index (χ2v) is 8.15. The van der Waals surface area contributed by atoms with E-state index >= 15 is 0 Å². The molecule has 4 heteroatoms. The number of benzene rings is 1. The molecule has 0 heterocycles. The topological polar surface area (TPSA) is 46.2 Å². The molecule has 0 aliphatic carbocycles. The molecule has 0 saturated carbocycles. The van der Waals surface area contributed by atoms with Crippen molar-refractivity contribution in [3.63, 3.8) is 0 Å². The highest BCUT2D eigenvalue weighted by atomic mass is 32.2. The van der Waals surface area contributed by atoms with E-state index in [0.717, 1.165) is 25.9 Å². The lowest BCUT2D eigenvalue weighted by molar-refractivity contribution is 0.545. The monoisotopic (exact) mass is 297 g/mol. The highest BCUT2D eigenvalue weighted by Crippen LogP contribution is 2.21. The summed E-state index contributed by atoms with van der Waals surface area (Å²) in [4.78, 5) is 0. The van der Waals surface area contributed by atoms with Gasteiger partial charge in [-0.15, -0.1) is 0 Å². The lowest BCUT2D eigenvalue weighted by atomic mass is 9.94. The molecule has 1 N–H and O–H groups in total. The first kappa shape index (κ1) is 17.2. The van der Waals surface area contributed by atoms with Crippen LogP contribution in [0.3, 0.4) is 0 Å². The average molecular weight is 297 g/mol. The molecule has 0 saturated heterocycles. The van der Waals surface area contributed by atoms with Crippen LogP contribution < -0.4 is 5.32 Å². The fourth-order valence-electron chi connectivity index (χ4n) is 2.20. The molecular formula is C16H27NO2S. The second kappa shape index (κ2) is 8.42. The van der Waals surface area contributed by atoms with E-state index in [9.17, 15) is 8.42 Å². The SMILES string of the molecule is CCNCC(CCCS(=O)(=O)C(C)C)c1ccccc1. The van der Waals surface area contributed by atoms with E-state index in [1.807, 2.05) is 18.2 Å². The molecule has 0 aliphatic heterocycles. The van der Waals surface area contributed by atoms with Crippen molar-refractivity contribution in [3.8, 4) is 0 Å². The molecule has 1 aromatic rings. The summed E-state index contributed by atoms with van der Waals surface area (Å²) in [6.07, 6.45) is 1.63. The first-order chi connectivity index (χ1) is 9.47. The van der Waals surface area contributed by atoms with Gasteiger partial charge in [-0.05, 0) is 44.7 Å². The summed E-state index contributed by atoms with van der Waals surface area (Å²) in [6.45, 7) is 7.44.